The van der Waals surface area contributed by atoms with Crippen LogP contribution in [0.5, 0.6) is 0 Å². The van der Waals surface area contributed by atoms with Crippen LogP contribution < -0.4 is 0 Å². The Labute approximate surface area is 79.2 Å². The highest BCUT2D eigenvalue weighted by Crippen LogP contribution is 2.06. The average molecular weight is 176 g/mol. The maximum atomic E-state index is 5.15. The van der Waals surface area contributed by atoms with Gasteiger partial charge in [-0.05, 0) is 20.8 Å². The van der Waals surface area contributed by atoms with Crippen molar-refractivity contribution in [3.8, 4) is 0 Å². The molecule has 0 spiro atoms. The van der Waals surface area contributed by atoms with Gasteiger partial charge in [0.05, 0.1) is 0 Å². The van der Waals surface area contributed by atoms with Crippen LogP contribution in [-0.4, -0.2) is 11.8 Å². The van der Waals surface area contributed by atoms with Crippen LogP contribution in [0.3, 0.4) is 0 Å². The number of hydrogen-bond donors (Lipinski definition) is 0. The van der Waals surface area contributed by atoms with E-state index >= 15 is 0 Å². The van der Waals surface area contributed by atoms with Crippen LogP contribution in [0.15, 0.2) is 35.5 Å². The van der Waals surface area contributed by atoms with E-state index in [0.29, 0.717) is 0 Å². The van der Waals surface area contributed by atoms with Crippen LogP contribution >= 0.6 is 0 Å². The summed E-state index contributed by atoms with van der Waals surface area (Å²) < 4.78 is 0. The van der Waals surface area contributed by atoms with Crippen LogP contribution in [0.25, 0.3) is 0 Å². The Morgan fingerprint density at radius 3 is 2.31 bits per heavy atom. The molecule has 1 aromatic carbocycles. The van der Waals surface area contributed by atoms with Crippen LogP contribution in [0, 0.1) is 0 Å². The van der Waals surface area contributed by atoms with Gasteiger partial charge in [-0.15, -0.1) is 0 Å². The molecule has 13 heavy (non-hydrogen) atoms. The zero-order valence-electron chi connectivity index (χ0n) is 8.24. The summed E-state index contributed by atoms with van der Waals surface area (Å²) >= 11 is 0. The van der Waals surface area contributed by atoms with E-state index in [1.165, 1.54) is 0 Å². The van der Waals surface area contributed by atoms with Crippen LogP contribution in [0.2, 0.25) is 0 Å². The summed E-state index contributed by atoms with van der Waals surface area (Å²) in [5, 5.41) is 3.76. The minimum absolute atomic E-state index is 0.248. The standard InChI is InChI=1S/C11H14NO/c1-11(2,3)13-12-9-10-7-5-4-6-8-10/h4-8H,1-3H3. The summed E-state index contributed by atoms with van der Waals surface area (Å²) in [5.41, 5.74) is 0.675. The average Bonchev–Trinajstić information content (AvgIpc) is 2.04. The molecule has 0 saturated heterocycles. The molecular weight excluding hydrogens is 162 g/mol. The number of rotatable bonds is 2. The van der Waals surface area contributed by atoms with E-state index in [9.17, 15) is 0 Å². The Balaban J connectivity index is 2.51. The summed E-state index contributed by atoms with van der Waals surface area (Å²) in [4.78, 5) is 5.15. The van der Waals surface area contributed by atoms with Gasteiger partial charge in [0, 0.05) is 5.56 Å². The van der Waals surface area contributed by atoms with Gasteiger partial charge in [-0.2, -0.15) is 0 Å². The third-order valence-electron chi connectivity index (χ3n) is 1.27. The molecule has 1 aromatic rings. The van der Waals surface area contributed by atoms with Crippen molar-refractivity contribution < 1.29 is 4.84 Å². The molecule has 0 fully saturated rings. The first-order valence-corrected chi connectivity index (χ1v) is 4.27. The summed E-state index contributed by atoms with van der Waals surface area (Å²) in [6, 6.07) is 9.69. The second kappa shape index (κ2) is 4.08. The molecule has 0 bridgehead atoms. The predicted octanol–water partition coefficient (Wildman–Crippen LogP) is 2.71. The third-order valence-corrected chi connectivity index (χ3v) is 1.27. The Morgan fingerprint density at radius 1 is 1.15 bits per heavy atom. The van der Waals surface area contributed by atoms with Gasteiger partial charge in [-0.1, -0.05) is 35.5 Å². The number of hydrogen-bond acceptors (Lipinski definition) is 2. The monoisotopic (exact) mass is 176 g/mol. The molecule has 0 heterocycles. The Morgan fingerprint density at radius 2 is 1.77 bits per heavy atom. The van der Waals surface area contributed by atoms with Crippen molar-refractivity contribution in [3.05, 3.63) is 35.9 Å². The predicted molar refractivity (Wildman–Crippen MR) is 53.8 cm³/mol. The zero-order chi connectivity index (χ0) is 9.73. The second-order valence-electron chi connectivity index (χ2n) is 3.77. The summed E-state index contributed by atoms with van der Waals surface area (Å²) in [7, 11) is 0. The fourth-order valence-corrected chi connectivity index (χ4v) is 0.725. The van der Waals surface area contributed by atoms with Crippen molar-refractivity contribution in [1.29, 1.82) is 0 Å². The molecule has 0 amide bonds. The highest BCUT2D eigenvalue weighted by molar-refractivity contribution is 5.78. The van der Waals surface area contributed by atoms with Crippen LogP contribution in [0.1, 0.15) is 26.3 Å². The summed E-state index contributed by atoms with van der Waals surface area (Å²) in [6.07, 6.45) is 2.80. The SMILES string of the molecule is CC(C)(C)O/N=[C]/c1ccccc1. The van der Waals surface area contributed by atoms with Gasteiger partial charge in [0.15, 0.2) is 0 Å². The van der Waals surface area contributed by atoms with E-state index in [4.69, 9.17) is 4.84 Å². The van der Waals surface area contributed by atoms with Gasteiger partial charge in [-0.3, -0.25) is 0 Å². The first-order valence-electron chi connectivity index (χ1n) is 4.27. The van der Waals surface area contributed by atoms with E-state index in [1.54, 1.807) is 0 Å². The van der Waals surface area contributed by atoms with Crippen molar-refractivity contribution in [3.63, 3.8) is 0 Å². The lowest BCUT2D eigenvalue weighted by molar-refractivity contribution is 0.00199. The van der Waals surface area contributed by atoms with Gasteiger partial charge in [0.2, 0.25) is 0 Å². The van der Waals surface area contributed by atoms with Crippen molar-refractivity contribution in [2.24, 2.45) is 5.16 Å². The number of benzene rings is 1. The molecule has 0 unspecified atom stereocenters. The smallest absolute Gasteiger partial charge is 0.139 e. The van der Waals surface area contributed by atoms with Gasteiger partial charge in [0.1, 0.15) is 11.8 Å². The van der Waals surface area contributed by atoms with Gasteiger partial charge >= 0.3 is 0 Å². The fourth-order valence-electron chi connectivity index (χ4n) is 0.725. The van der Waals surface area contributed by atoms with Gasteiger partial charge < -0.3 is 4.84 Å². The van der Waals surface area contributed by atoms with Crippen LogP contribution in [0.4, 0.5) is 0 Å². The van der Waals surface area contributed by atoms with E-state index in [1.807, 2.05) is 51.1 Å². The Bertz CT molecular complexity index is 272. The molecule has 69 valence electrons. The topological polar surface area (TPSA) is 21.6 Å². The fraction of sp³-hybridized carbons (Fsp3) is 0.364. The largest absolute Gasteiger partial charge is 0.390 e. The molecule has 0 atom stereocenters. The molecule has 0 aliphatic heterocycles. The maximum absolute atomic E-state index is 5.15. The van der Waals surface area contributed by atoms with E-state index in [-0.39, 0.29) is 5.60 Å². The summed E-state index contributed by atoms with van der Waals surface area (Å²) in [6.45, 7) is 5.84. The zero-order valence-corrected chi connectivity index (χ0v) is 8.24. The van der Waals surface area contributed by atoms with Crippen molar-refractivity contribution in [1.82, 2.24) is 0 Å². The van der Waals surface area contributed by atoms with E-state index < -0.39 is 0 Å². The molecule has 0 saturated carbocycles. The molecule has 0 aliphatic carbocycles. The third kappa shape index (κ3) is 4.31. The maximum Gasteiger partial charge on any atom is 0.139 e. The van der Waals surface area contributed by atoms with Crippen LogP contribution in [-0.2, 0) is 4.84 Å². The molecule has 2 nitrogen and oxygen atoms in total. The highest BCUT2D eigenvalue weighted by atomic mass is 16.6. The van der Waals surface area contributed by atoms with E-state index in [2.05, 4.69) is 11.4 Å². The van der Waals surface area contributed by atoms with Gasteiger partial charge in [-0.25, -0.2) is 0 Å². The first kappa shape index (κ1) is 9.78. The lowest BCUT2D eigenvalue weighted by Gasteiger charge is -2.14. The first-order chi connectivity index (χ1) is 6.08. The normalized spacial score (nSPS) is 11.9. The lowest BCUT2D eigenvalue weighted by Crippen LogP contribution is -2.15. The molecular formula is C11H14NO. The lowest BCUT2D eigenvalue weighted by atomic mass is 10.2. The van der Waals surface area contributed by atoms with Crippen molar-refractivity contribution >= 4 is 6.21 Å². The Kier molecular flexibility index (Phi) is 3.07. The Hall–Kier alpha value is -1.31. The quantitative estimate of drug-likeness (QED) is 0.501. The molecule has 1 rings (SSSR count). The number of nitrogens with zero attached hydrogens (tertiary/aromatic N) is 1. The van der Waals surface area contributed by atoms with E-state index in [0.717, 1.165) is 5.56 Å². The summed E-state index contributed by atoms with van der Waals surface area (Å²) in [5.74, 6) is 0. The molecule has 0 N–H and O–H groups in total. The second-order valence-corrected chi connectivity index (χ2v) is 3.77. The minimum Gasteiger partial charge on any atom is -0.390 e. The molecule has 2 heteroatoms. The van der Waals surface area contributed by atoms with Gasteiger partial charge in [0.25, 0.3) is 0 Å². The molecule has 1 radical (unpaired) electrons. The molecule has 0 aromatic heterocycles. The molecule has 0 aliphatic rings. The highest BCUT2D eigenvalue weighted by Gasteiger charge is 2.09. The van der Waals surface area contributed by atoms with Crippen molar-refractivity contribution in [2.45, 2.75) is 26.4 Å². The van der Waals surface area contributed by atoms with Crippen molar-refractivity contribution in [2.75, 3.05) is 0 Å². The minimum atomic E-state index is -0.248.